The van der Waals surface area contributed by atoms with Gasteiger partial charge >= 0.3 is 0 Å². The number of hydrogen-bond donors (Lipinski definition) is 1. The molecule has 1 aliphatic rings. The van der Waals surface area contributed by atoms with Crippen LogP contribution in [0.4, 0.5) is 0 Å². The van der Waals surface area contributed by atoms with Gasteiger partial charge < -0.3 is 5.11 Å². The molecule has 100 valence electrons. The molecule has 2 heterocycles. The summed E-state index contributed by atoms with van der Waals surface area (Å²) in [7, 11) is 0. The standard InChI is InChI=1S/C14H15NO3S/c1-14(2)8-12(17)15(13(14)18)9-11-10(4-3-6-16)5-7-19-11/h5,7,16H,6,8-9H2,1-2H3. The van der Waals surface area contributed by atoms with Gasteiger partial charge in [0.05, 0.1) is 12.0 Å². The molecule has 0 atom stereocenters. The summed E-state index contributed by atoms with van der Waals surface area (Å²) < 4.78 is 0. The molecule has 0 radical (unpaired) electrons. The van der Waals surface area contributed by atoms with Gasteiger partial charge in [-0.1, -0.05) is 25.7 Å². The molecule has 5 heteroatoms. The fraction of sp³-hybridized carbons (Fsp3) is 0.429. The number of aliphatic hydroxyl groups excluding tert-OH is 1. The van der Waals surface area contributed by atoms with Gasteiger partial charge in [-0.25, -0.2) is 0 Å². The van der Waals surface area contributed by atoms with Gasteiger partial charge in [0.1, 0.15) is 6.61 Å². The molecule has 2 amide bonds. The lowest BCUT2D eigenvalue weighted by Crippen LogP contribution is -2.32. The minimum absolute atomic E-state index is 0.132. The van der Waals surface area contributed by atoms with Crippen LogP contribution in [0.5, 0.6) is 0 Å². The van der Waals surface area contributed by atoms with Crippen molar-refractivity contribution in [2.75, 3.05) is 6.61 Å². The van der Waals surface area contributed by atoms with Crippen molar-refractivity contribution in [2.45, 2.75) is 26.8 Å². The van der Waals surface area contributed by atoms with E-state index in [0.29, 0.717) is 0 Å². The molecule has 0 spiro atoms. The van der Waals surface area contributed by atoms with Crippen LogP contribution in [0.15, 0.2) is 11.4 Å². The van der Waals surface area contributed by atoms with Gasteiger partial charge in [0.25, 0.3) is 0 Å². The molecule has 4 nitrogen and oxygen atoms in total. The van der Waals surface area contributed by atoms with Gasteiger partial charge in [0.2, 0.25) is 11.8 Å². The number of nitrogens with zero attached hydrogens (tertiary/aromatic N) is 1. The van der Waals surface area contributed by atoms with Gasteiger partial charge in [-0.15, -0.1) is 11.3 Å². The SMILES string of the molecule is CC1(C)CC(=O)N(Cc2sccc2C#CCO)C1=O. The maximum atomic E-state index is 12.1. The number of hydrogen-bond acceptors (Lipinski definition) is 4. The van der Waals surface area contributed by atoms with Crippen molar-refractivity contribution < 1.29 is 14.7 Å². The van der Waals surface area contributed by atoms with Crippen molar-refractivity contribution in [1.29, 1.82) is 0 Å². The molecule has 1 fully saturated rings. The van der Waals surface area contributed by atoms with Crippen molar-refractivity contribution in [3.63, 3.8) is 0 Å². The van der Waals surface area contributed by atoms with Gasteiger partial charge in [-0.2, -0.15) is 0 Å². The molecule has 0 saturated carbocycles. The van der Waals surface area contributed by atoms with Crippen LogP contribution < -0.4 is 0 Å². The number of likely N-dealkylation sites (tertiary alicyclic amines) is 1. The molecule has 0 bridgehead atoms. The minimum Gasteiger partial charge on any atom is -0.384 e. The van der Waals surface area contributed by atoms with Crippen LogP contribution >= 0.6 is 11.3 Å². The van der Waals surface area contributed by atoms with Crippen molar-refractivity contribution in [1.82, 2.24) is 4.90 Å². The second-order valence-corrected chi connectivity index (χ2v) is 6.06. The van der Waals surface area contributed by atoms with E-state index in [1.54, 1.807) is 13.8 Å². The Morgan fingerprint density at radius 2 is 2.21 bits per heavy atom. The van der Waals surface area contributed by atoms with E-state index in [1.165, 1.54) is 16.2 Å². The summed E-state index contributed by atoms with van der Waals surface area (Å²) in [5.41, 5.74) is 0.162. The van der Waals surface area contributed by atoms with Crippen LogP contribution in [0.2, 0.25) is 0 Å². The van der Waals surface area contributed by atoms with Crippen LogP contribution in [0.1, 0.15) is 30.7 Å². The highest BCUT2D eigenvalue weighted by atomic mass is 32.1. The fourth-order valence-electron chi connectivity index (χ4n) is 2.04. The number of carbonyl (C=O) groups is 2. The summed E-state index contributed by atoms with van der Waals surface area (Å²) >= 11 is 1.46. The molecular formula is C14H15NO3S. The Hall–Kier alpha value is -1.64. The highest BCUT2D eigenvalue weighted by Gasteiger charge is 2.44. The Bertz CT molecular complexity index is 577. The molecule has 0 aliphatic carbocycles. The first-order chi connectivity index (χ1) is 8.95. The van der Waals surface area contributed by atoms with E-state index in [1.807, 2.05) is 11.4 Å². The predicted octanol–water partition coefficient (Wildman–Crippen LogP) is 1.38. The summed E-state index contributed by atoms with van der Waals surface area (Å²) in [4.78, 5) is 26.2. The summed E-state index contributed by atoms with van der Waals surface area (Å²) in [5, 5.41) is 10.6. The Morgan fingerprint density at radius 3 is 2.79 bits per heavy atom. The normalized spacial score (nSPS) is 17.5. The van der Waals surface area contributed by atoms with E-state index in [-0.39, 0.29) is 31.4 Å². The van der Waals surface area contributed by atoms with Gasteiger partial charge in [0, 0.05) is 16.9 Å². The Morgan fingerprint density at radius 1 is 1.47 bits per heavy atom. The van der Waals surface area contributed by atoms with Crippen molar-refractivity contribution in [3.05, 3.63) is 21.9 Å². The van der Waals surface area contributed by atoms with Crippen molar-refractivity contribution in [3.8, 4) is 11.8 Å². The molecular weight excluding hydrogens is 262 g/mol. The summed E-state index contributed by atoms with van der Waals surface area (Å²) in [6, 6.07) is 1.83. The molecule has 1 aliphatic heterocycles. The molecule has 1 N–H and O–H groups in total. The Balaban J connectivity index is 2.21. The van der Waals surface area contributed by atoms with Crippen LogP contribution in [0, 0.1) is 17.3 Å². The number of imide groups is 1. The lowest BCUT2D eigenvalue weighted by atomic mass is 9.92. The monoisotopic (exact) mass is 277 g/mol. The van der Waals surface area contributed by atoms with E-state index in [2.05, 4.69) is 11.8 Å². The number of amides is 2. The summed E-state index contributed by atoms with van der Waals surface area (Å²) in [6.07, 6.45) is 0.259. The molecule has 0 aromatic carbocycles. The molecule has 1 aromatic rings. The first-order valence-corrected chi connectivity index (χ1v) is 6.84. The van der Waals surface area contributed by atoms with E-state index < -0.39 is 5.41 Å². The fourth-order valence-corrected chi connectivity index (χ4v) is 2.86. The highest BCUT2D eigenvalue weighted by molar-refractivity contribution is 7.10. The zero-order valence-electron chi connectivity index (χ0n) is 10.9. The van der Waals surface area contributed by atoms with E-state index in [0.717, 1.165) is 10.4 Å². The minimum atomic E-state index is -0.606. The molecule has 0 unspecified atom stereocenters. The number of thiophene rings is 1. The first kappa shape index (κ1) is 13.8. The van der Waals surface area contributed by atoms with Crippen LogP contribution in [-0.2, 0) is 16.1 Å². The first-order valence-electron chi connectivity index (χ1n) is 5.96. The second kappa shape index (κ2) is 5.16. The average Bonchev–Trinajstić information content (AvgIpc) is 2.85. The summed E-state index contributed by atoms with van der Waals surface area (Å²) in [5.74, 6) is 5.14. The predicted molar refractivity (Wildman–Crippen MR) is 72.2 cm³/mol. The molecule has 19 heavy (non-hydrogen) atoms. The Kier molecular flexibility index (Phi) is 3.74. The number of rotatable bonds is 2. The van der Waals surface area contributed by atoms with E-state index in [9.17, 15) is 9.59 Å². The highest BCUT2D eigenvalue weighted by Crippen LogP contribution is 2.33. The van der Waals surface area contributed by atoms with Gasteiger partial charge in [-0.05, 0) is 11.4 Å². The molecule has 1 saturated heterocycles. The van der Waals surface area contributed by atoms with Crippen molar-refractivity contribution in [2.24, 2.45) is 5.41 Å². The maximum absolute atomic E-state index is 12.1. The summed E-state index contributed by atoms with van der Waals surface area (Å²) in [6.45, 7) is 3.64. The lowest BCUT2D eigenvalue weighted by Gasteiger charge is -2.17. The maximum Gasteiger partial charge on any atom is 0.235 e. The smallest absolute Gasteiger partial charge is 0.235 e. The quantitative estimate of drug-likeness (QED) is 0.656. The third-order valence-corrected chi connectivity index (χ3v) is 3.97. The second-order valence-electron chi connectivity index (χ2n) is 5.06. The Labute approximate surface area is 116 Å². The third kappa shape index (κ3) is 2.70. The van der Waals surface area contributed by atoms with Crippen molar-refractivity contribution >= 4 is 23.2 Å². The zero-order valence-corrected chi connectivity index (χ0v) is 11.7. The molecule has 2 rings (SSSR count). The average molecular weight is 277 g/mol. The zero-order chi connectivity index (χ0) is 14.0. The topological polar surface area (TPSA) is 57.6 Å². The number of carbonyl (C=O) groups excluding carboxylic acids is 2. The number of aliphatic hydroxyl groups is 1. The van der Waals surface area contributed by atoms with Crippen LogP contribution in [0.3, 0.4) is 0 Å². The largest absolute Gasteiger partial charge is 0.384 e. The van der Waals surface area contributed by atoms with Crippen LogP contribution in [0.25, 0.3) is 0 Å². The van der Waals surface area contributed by atoms with E-state index in [4.69, 9.17) is 5.11 Å². The van der Waals surface area contributed by atoms with Crippen LogP contribution in [-0.4, -0.2) is 28.4 Å². The van der Waals surface area contributed by atoms with Gasteiger partial charge in [0.15, 0.2) is 0 Å². The molecule has 1 aromatic heterocycles. The van der Waals surface area contributed by atoms with Gasteiger partial charge in [-0.3, -0.25) is 14.5 Å². The third-order valence-electron chi connectivity index (χ3n) is 3.07. The van der Waals surface area contributed by atoms with E-state index >= 15 is 0 Å². The lowest BCUT2D eigenvalue weighted by molar-refractivity contribution is -0.141.